The van der Waals surface area contributed by atoms with E-state index in [4.69, 9.17) is 4.74 Å². The largest absolute Gasteiger partial charge is 0.503 e. The number of amides is 2. The highest BCUT2D eigenvalue weighted by Crippen LogP contribution is 2.17. The first-order chi connectivity index (χ1) is 12.9. The van der Waals surface area contributed by atoms with Gasteiger partial charge in [0.25, 0.3) is 11.8 Å². The molecule has 0 bridgehead atoms. The van der Waals surface area contributed by atoms with E-state index in [9.17, 15) is 23.5 Å². The minimum absolute atomic E-state index is 0.00164. The molecule has 0 radical (unpaired) electrons. The standard InChI is InChI=1S/C18H21F2N3O4/c19-13-7-12(8-14(20)9-13)10-21-17(25)15-11-23(18(26)16(15)24)2-1-22-3-5-27-6-4-22/h7-9,24H,1-6,10-11H2,(H,21,25). The van der Waals surface area contributed by atoms with Gasteiger partial charge >= 0.3 is 0 Å². The Labute approximate surface area is 155 Å². The topological polar surface area (TPSA) is 82.1 Å². The van der Waals surface area contributed by atoms with E-state index in [1.54, 1.807) is 0 Å². The first kappa shape index (κ1) is 19.2. The second-order valence-electron chi connectivity index (χ2n) is 6.47. The van der Waals surface area contributed by atoms with Gasteiger partial charge in [-0.2, -0.15) is 0 Å². The lowest BCUT2D eigenvalue weighted by Gasteiger charge is -2.28. The van der Waals surface area contributed by atoms with Crippen molar-refractivity contribution in [2.75, 3.05) is 45.9 Å². The molecule has 1 aromatic carbocycles. The number of hydrogen-bond acceptors (Lipinski definition) is 5. The molecular formula is C18H21F2N3O4. The summed E-state index contributed by atoms with van der Waals surface area (Å²) in [6.45, 7) is 3.73. The minimum atomic E-state index is -0.744. The molecule has 0 aromatic heterocycles. The molecule has 2 aliphatic heterocycles. The van der Waals surface area contributed by atoms with Gasteiger partial charge in [0.1, 0.15) is 11.6 Å². The van der Waals surface area contributed by atoms with Gasteiger partial charge in [-0.05, 0) is 17.7 Å². The number of rotatable bonds is 6. The summed E-state index contributed by atoms with van der Waals surface area (Å²) in [5.74, 6) is -3.30. The SMILES string of the molecule is O=C(NCc1cc(F)cc(F)c1)C1=C(O)C(=O)N(CCN2CCOCC2)C1. The number of halogens is 2. The van der Waals surface area contributed by atoms with E-state index in [2.05, 4.69) is 10.2 Å². The Morgan fingerprint density at radius 2 is 1.81 bits per heavy atom. The molecule has 146 valence electrons. The maximum atomic E-state index is 13.2. The molecule has 7 nitrogen and oxygen atoms in total. The predicted molar refractivity (Wildman–Crippen MR) is 91.7 cm³/mol. The first-order valence-corrected chi connectivity index (χ1v) is 8.68. The molecule has 9 heteroatoms. The molecule has 0 atom stereocenters. The number of aliphatic hydroxyl groups excluding tert-OH is 1. The Morgan fingerprint density at radius 1 is 1.15 bits per heavy atom. The second kappa shape index (κ2) is 8.45. The summed E-state index contributed by atoms with van der Waals surface area (Å²) in [4.78, 5) is 28.0. The lowest BCUT2D eigenvalue weighted by atomic mass is 10.2. The zero-order valence-electron chi connectivity index (χ0n) is 14.7. The van der Waals surface area contributed by atoms with Gasteiger partial charge in [0, 0.05) is 38.8 Å². The summed E-state index contributed by atoms with van der Waals surface area (Å²) in [6, 6.07) is 2.94. The summed E-state index contributed by atoms with van der Waals surface area (Å²) in [5.41, 5.74) is 0.202. The monoisotopic (exact) mass is 381 g/mol. The van der Waals surface area contributed by atoms with Crippen molar-refractivity contribution in [3.8, 4) is 0 Å². The number of aliphatic hydroxyl groups is 1. The van der Waals surface area contributed by atoms with Crippen molar-refractivity contribution in [1.29, 1.82) is 0 Å². The summed E-state index contributed by atoms with van der Waals surface area (Å²) >= 11 is 0. The average molecular weight is 381 g/mol. The molecule has 0 saturated carbocycles. The molecule has 27 heavy (non-hydrogen) atoms. The molecule has 2 aliphatic rings. The van der Waals surface area contributed by atoms with Gasteiger partial charge in [0.05, 0.1) is 25.3 Å². The zero-order chi connectivity index (χ0) is 19.4. The number of carbonyl (C=O) groups excluding carboxylic acids is 2. The van der Waals surface area contributed by atoms with Crippen LogP contribution < -0.4 is 5.32 Å². The van der Waals surface area contributed by atoms with Crippen LogP contribution in [-0.2, 0) is 20.9 Å². The fourth-order valence-corrected chi connectivity index (χ4v) is 3.07. The van der Waals surface area contributed by atoms with Crippen LogP contribution in [-0.4, -0.2) is 72.7 Å². The Kier molecular flexibility index (Phi) is 6.02. The molecular weight excluding hydrogens is 360 g/mol. The zero-order valence-corrected chi connectivity index (χ0v) is 14.7. The number of hydrogen-bond donors (Lipinski definition) is 2. The molecule has 2 N–H and O–H groups in total. The Morgan fingerprint density at radius 3 is 2.48 bits per heavy atom. The highest BCUT2D eigenvalue weighted by Gasteiger charge is 2.33. The maximum Gasteiger partial charge on any atom is 0.289 e. The van der Waals surface area contributed by atoms with Gasteiger partial charge in [0.2, 0.25) is 0 Å². The third-order valence-electron chi connectivity index (χ3n) is 4.56. The van der Waals surface area contributed by atoms with E-state index in [0.29, 0.717) is 26.3 Å². The van der Waals surface area contributed by atoms with Crippen LogP contribution in [0.5, 0.6) is 0 Å². The number of carbonyl (C=O) groups is 2. The average Bonchev–Trinajstić information content (AvgIpc) is 2.93. The normalized spacial score (nSPS) is 18.3. The van der Waals surface area contributed by atoms with Gasteiger partial charge in [-0.1, -0.05) is 0 Å². The molecule has 0 aliphatic carbocycles. The van der Waals surface area contributed by atoms with Crippen LogP contribution in [0.3, 0.4) is 0 Å². The van der Waals surface area contributed by atoms with Crippen LogP contribution in [0.25, 0.3) is 0 Å². The highest BCUT2D eigenvalue weighted by molar-refractivity contribution is 6.06. The van der Waals surface area contributed by atoms with Crippen molar-refractivity contribution >= 4 is 11.8 Å². The molecule has 1 fully saturated rings. The van der Waals surface area contributed by atoms with Crippen LogP contribution in [0.4, 0.5) is 8.78 Å². The molecule has 2 amide bonds. The number of nitrogens with one attached hydrogen (secondary N) is 1. The third kappa shape index (κ3) is 4.81. The van der Waals surface area contributed by atoms with E-state index in [0.717, 1.165) is 31.3 Å². The summed E-state index contributed by atoms with van der Waals surface area (Å²) in [6.07, 6.45) is 0. The van der Waals surface area contributed by atoms with Crippen LogP contribution >= 0.6 is 0 Å². The van der Waals surface area contributed by atoms with Gasteiger partial charge in [-0.15, -0.1) is 0 Å². The van der Waals surface area contributed by atoms with Crippen molar-refractivity contribution in [2.24, 2.45) is 0 Å². The molecule has 1 saturated heterocycles. The number of ether oxygens (including phenoxy) is 1. The molecule has 1 aromatic rings. The molecule has 2 heterocycles. The van der Waals surface area contributed by atoms with E-state index >= 15 is 0 Å². The van der Waals surface area contributed by atoms with Crippen molar-refractivity contribution in [3.05, 3.63) is 46.7 Å². The van der Waals surface area contributed by atoms with E-state index in [1.807, 2.05) is 0 Å². The van der Waals surface area contributed by atoms with Crippen molar-refractivity contribution in [1.82, 2.24) is 15.1 Å². The minimum Gasteiger partial charge on any atom is -0.503 e. The lowest BCUT2D eigenvalue weighted by molar-refractivity contribution is -0.128. The highest BCUT2D eigenvalue weighted by atomic mass is 19.1. The molecule has 3 rings (SSSR count). The van der Waals surface area contributed by atoms with Crippen molar-refractivity contribution in [3.63, 3.8) is 0 Å². The summed E-state index contributed by atoms with van der Waals surface area (Å²) < 4.78 is 31.6. The number of morpholine rings is 1. The molecule has 0 unspecified atom stereocenters. The van der Waals surface area contributed by atoms with Gasteiger partial charge in [-0.25, -0.2) is 8.78 Å². The summed E-state index contributed by atoms with van der Waals surface area (Å²) in [7, 11) is 0. The molecule has 0 spiro atoms. The van der Waals surface area contributed by atoms with Gasteiger partial charge in [-0.3, -0.25) is 14.5 Å². The summed E-state index contributed by atoms with van der Waals surface area (Å²) in [5, 5.41) is 12.5. The Hall–Kier alpha value is -2.52. The number of benzene rings is 1. The lowest BCUT2D eigenvalue weighted by Crippen LogP contribution is -2.42. The third-order valence-corrected chi connectivity index (χ3v) is 4.56. The number of nitrogens with zero attached hydrogens (tertiary/aromatic N) is 2. The van der Waals surface area contributed by atoms with Crippen LogP contribution in [0.1, 0.15) is 5.56 Å². The van der Waals surface area contributed by atoms with Gasteiger partial charge in [0.15, 0.2) is 5.76 Å². The smallest absolute Gasteiger partial charge is 0.289 e. The fraction of sp³-hybridized carbons (Fsp3) is 0.444. The van der Waals surface area contributed by atoms with Crippen LogP contribution in [0.2, 0.25) is 0 Å². The fourth-order valence-electron chi connectivity index (χ4n) is 3.07. The van der Waals surface area contributed by atoms with Crippen molar-refractivity contribution in [2.45, 2.75) is 6.54 Å². The van der Waals surface area contributed by atoms with E-state index in [-0.39, 0.29) is 24.2 Å². The second-order valence-corrected chi connectivity index (χ2v) is 6.47. The van der Waals surface area contributed by atoms with Crippen molar-refractivity contribution < 1.29 is 28.2 Å². The Bertz CT molecular complexity index is 743. The van der Waals surface area contributed by atoms with E-state index in [1.165, 1.54) is 4.90 Å². The predicted octanol–water partition coefficient (Wildman–Crippen LogP) is 0.567. The van der Waals surface area contributed by atoms with Crippen LogP contribution in [0, 0.1) is 11.6 Å². The van der Waals surface area contributed by atoms with Gasteiger partial charge < -0.3 is 20.1 Å². The maximum absolute atomic E-state index is 13.2. The quantitative estimate of drug-likeness (QED) is 0.753. The van der Waals surface area contributed by atoms with E-state index < -0.39 is 29.2 Å². The Balaban J connectivity index is 1.53. The first-order valence-electron chi connectivity index (χ1n) is 8.68. The van der Waals surface area contributed by atoms with Crippen LogP contribution in [0.15, 0.2) is 29.5 Å².